The maximum Gasteiger partial charge on any atom is 0.123 e. The predicted molar refractivity (Wildman–Crippen MR) is 104 cm³/mol. The van der Waals surface area contributed by atoms with Gasteiger partial charge in [0.1, 0.15) is 6.29 Å². The number of fused-ring (bicyclic) bond motifs is 2. The molecule has 25 heavy (non-hydrogen) atoms. The maximum atomic E-state index is 11.1. The highest BCUT2D eigenvalue weighted by atomic mass is 32.2. The van der Waals surface area contributed by atoms with E-state index in [0.717, 1.165) is 49.1 Å². The predicted octanol–water partition coefficient (Wildman–Crippen LogP) is 4.15. The van der Waals surface area contributed by atoms with Crippen LogP contribution in [0.25, 0.3) is 0 Å². The van der Waals surface area contributed by atoms with Gasteiger partial charge in [0.15, 0.2) is 0 Å². The fourth-order valence-corrected chi connectivity index (χ4v) is 7.45. The number of ether oxygens (including phenoxy) is 1. The lowest BCUT2D eigenvalue weighted by molar-refractivity contribution is -0.113. The van der Waals surface area contributed by atoms with Gasteiger partial charge in [0.25, 0.3) is 0 Å². The van der Waals surface area contributed by atoms with Gasteiger partial charge in [-0.2, -0.15) is 11.8 Å². The molecule has 3 aliphatic carbocycles. The molecular weight excluding hydrogens is 330 g/mol. The van der Waals surface area contributed by atoms with E-state index in [1.807, 2.05) is 0 Å². The second-order valence-electron chi connectivity index (χ2n) is 8.83. The quantitative estimate of drug-likeness (QED) is 0.685. The highest BCUT2D eigenvalue weighted by Crippen LogP contribution is 2.43. The van der Waals surface area contributed by atoms with Crippen LogP contribution >= 0.6 is 11.8 Å². The lowest BCUT2D eigenvalue weighted by Crippen LogP contribution is -2.50. The molecule has 1 aliphatic heterocycles. The third kappa shape index (κ3) is 4.44. The van der Waals surface area contributed by atoms with Crippen molar-refractivity contribution in [3.8, 4) is 0 Å². The van der Waals surface area contributed by atoms with E-state index in [-0.39, 0.29) is 0 Å². The first-order chi connectivity index (χ1) is 12.3. The van der Waals surface area contributed by atoms with Crippen LogP contribution in [0.2, 0.25) is 0 Å². The molecule has 4 aliphatic rings. The summed E-state index contributed by atoms with van der Waals surface area (Å²) >= 11 is 2.22. The van der Waals surface area contributed by atoms with Gasteiger partial charge >= 0.3 is 0 Å². The second-order valence-corrected chi connectivity index (χ2v) is 10.2. The lowest BCUT2D eigenvalue weighted by Gasteiger charge is -2.44. The third-order valence-corrected chi connectivity index (χ3v) is 8.77. The molecule has 0 aromatic carbocycles. The largest absolute Gasteiger partial charge is 0.377 e. The van der Waals surface area contributed by atoms with E-state index in [9.17, 15) is 4.79 Å². The highest BCUT2D eigenvalue weighted by Gasteiger charge is 2.36. The van der Waals surface area contributed by atoms with Crippen molar-refractivity contribution in [2.24, 2.45) is 17.8 Å². The van der Waals surface area contributed by atoms with Crippen LogP contribution < -0.4 is 0 Å². The SMILES string of the molecule is O=CC1CCC2CC(OCCN3CCSC4CCCCC43)CCC2C1. The number of rotatable bonds is 5. The molecule has 0 N–H and O–H groups in total. The Morgan fingerprint density at radius 1 is 1.00 bits per heavy atom. The minimum Gasteiger partial charge on any atom is -0.377 e. The minimum atomic E-state index is 0.346. The molecule has 3 saturated carbocycles. The number of aldehydes is 1. The van der Waals surface area contributed by atoms with Crippen molar-refractivity contribution in [1.82, 2.24) is 4.90 Å². The highest BCUT2D eigenvalue weighted by molar-refractivity contribution is 8.00. The zero-order valence-corrected chi connectivity index (χ0v) is 16.4. The minimum absolute atomic E-state index is 0.346. The summed E-state index contributed by atoms with van der Waals surface area (Å²) in [6.07, 6.45) is 14.6. The summed E-state index contributed by atoms with van der Waals surface area (Å²) in [6, 6.07) is 0.824. The van der Waals surface area contributed by atoms with Gasteiger partial charge in [-0.3, -0.25) is 4.90 Å². The Morgan fingerprint density at radius 3 is 2.76 bits per heavy atom. The Balaban J connectivity index is 1.20. The van der Waals surface area contributed by atoms with Crippen molar-refractivity contribution in [2.45, 2.75) is 81.6 Å². The van der Waals surface area contributed by atoms with E-state index in [0.29, 0.717) is 12.0 Å². The Hall–Kier alpha value is -0.0600. The first-order valence-electron chi connectivity index (χ1n) is 10.8. The molecule has 1 saturated heterocycles. The summed E-state index contributed by atoms with van der Waals surface area (Å²) < 4.78 is 6.35. The molecule has 1 heterocycles. The summed E-state index contributed by atoms with van der Waals surface area (Å²) in [7, 11) is 0. The molecule has 4 fully saturated rings. The smallest absolute Gasteiger partial charge is 0.123 e. The van der Waals surface area contributed by atoms with Crippen molar-refractivity contribution in [1.29, 1.82) is 0 Å². The van der Waals surface area contributed by atoms with E-state index in [2.05, 4.69) is 16.7 Å². The fourth-order valence-electron chi connectivity index (χ4n) is 5.95. The molecule has 0 amide bonds. The second kappa shape index (κ2) is 8.75. The Labute approximate surface area is 157 Å². The van der Waals surface area contributed by atoms with E-state index >= 15 is 0 Å². The van der Waals surface area contributed by atoms with Crippen molar-refractivity contribution in [3.63, 3.8) is 0 Å². The number of carbonyl (C=O) groups is 1. The number of hydrogen-bond acceptors (Lipinski definition) is 4. The van der Waals surface area contributed by atoms with E-state index < -0.39 is 0 Å². The Kier molecular flexibility index (Phi) is 6.41. The lowest BCUT2D eigenvalue weighted by atomic mass is 9.67. The molecule has 0 aromatic heterocycles. The summed E-state index contributed by atoms with van der Waals surface area (Å²) in [4.78, 5) is 13.8. The van der Waals surface area contributed by atoms with Gasteiger partial charge in [-0.05, 0) is 63.2 Å². The van der Waals surface area contributed by atoms with Crippen LogP contribution in [-0.4, -0.2) is 54.0 Å². The first-order valence-corrected chi connectivity index (χ1v) is 11.8. The van der Waals surface area contributed by atoms with E-state index in [4.69, 9.17) is 4.74 Å². The van der Waals surface area contributed by atoms with Gasteiger partial charge in [-0.1, -0.05) is 12.8 Å². The molecule has 4 rings (SSSR count). The average molecular weight is 366 g/mol. The van der Waals surface area contributed by atoms with Gasteiger partial charge in [-0.25, -0.2) is 0 Å². The maximum absolute atomic E-state index is 11.1. The monoisotopic (exact) mass is 365 g/mol. The molecule has 0 aromatic rings. The topological polar surface area (TPSA) is 29.5 Å². The van der Waals surface area contributed by atoms with Gasteiger partial charge < -0.3 is 9.53 Å². The van der Waals surface area contributed by atoms with Crippen molar-refractivity contribution < 1.29 is 9.53 Å². The van der Waals surface area contributed by atoms with Gasteiger partial charge in [0, 0.05) is 36.1 Å². The summed E-state index contributed by atoms with van der Waals surface area (Å²) in [5, 5.41) is 0.894. The van der Waals surface area contributed by atoms with Crippen LogP contribution in [0, 0.1) is 17.8 Å². The molecule has 0 bridgehead atoms. The van der Waals surface area contributed by atoms with Crippen LogP contribution in [0.4, 0.5) is 0 Å². The first kappa shape index (κ1) is 18.3. The molecule has 4 heteroatoms. The van der Waals surface area contributed by atoms with Gasteiger partial charge in [0.05, 0.1) is 12.7 Å². The van der Waals surface area contributed by atoms with E-state index in [1.54, 1.807) is 0 Å². The van der Waals surface area contributed by atoms with Crippen LogP contribution in [-0.2, 0) is 9.53 Å². The Morgan fingerprint density at radius 2 is 1.84 bits per heavy atom. The standard InChI is InChI=1S/C21H35NO2S/c23-15-16-5-6-18-14-19(8-7-17(18)13-16)24-11-9-22-10-12-25-21-4-2-1-3-20(21)22/h15-21H,1-14H2. The van der Waals surface area contributed by atoms with E-state index in [1.165, 1.54) is 70.0 Å². The summed E-state index contributed by atoms with van der Waals surface area (Å²) in [5.74, 6) is 3.28. The summed E-state index contributed by atoms with van der Waals surface area (Å²) in [6.45, 7) is 3.32. The molecule has 6 unspecified atom stereocenters. The molecule has 6 atom stereocenters. The number of thioether (sulfide) groups is 1. The average Bonchev–Trinajstić information content (AvgIpc) is 2.67. The number of nitrogens with zero attached hydrogens (tertiary/aromatic N) is 1. The third-order valence-electron chi connectivity index (χ3n) is 7.38. The molecule has 0 radical (unpaired) electrons. The van der Waals surface area contributed by atoms with Crippen molar-refractivity contribution >= 4 is 18.0 Å². The van der Waals surface area contributed by atoms with Crippen LogP contribution in [0.1, 0.15) is 64.2 Å². The van der Waals surface area contributed by atoms with Gasteiger partial charge in [-0.15, -0.1) is 0 Å². The van der Waals surface area contributed by atoms with Crippen LogP contribution in [0.5, 0.6) is 0 Å². The van der Waals surface area contributed by atoms with Crippen LogP contribution in [0.3, 0.4) is 0 Å². The van der Waals surface area contributed by atoms with Crippen LogP contribution in [0.15, 0.2) is 0 Å². The number of hydrogen-bond donors (Lipinski definition) is 0. The van der Waals surface area contributed by atoms with Crippen molar-refractivity contribution in [3.05, 3.63) is 0 Å². The Bertz CT molecular complexity index is 444. The van der Waals surface area contributed by atoms with Gasteiger partial charge in [0.2, 0.25) is 0 Å². The molecule has 142 valence electrons. The zero-order chi connectivity index (χ0) is 17.1. The zero-order valence-electron chi connectivity index (χ0n) is 15.6. The molecule has 0 spiro atoms. The molecule has 3 nitrogen and oxygen atoms in total. The molecular formula is C21H35NO2S. The number of carbonyl (C=O) groups excluding carboxylic acids is 1. The normalized spacial score (nSPS) is 42.4. The summed E-state index contributed by atoms with van der Waals surface area (Å²) in [5.41, 5.74) is 0. The van der Waals surface area contributed by atoms with Crippen molar-refractivity contribution in [2.75, 3.05) is 25.4 Å². The fraction of sp³-hybridized carbons (Fsp3) is 0.952.